The van der Waals surface area contributed by atoms with Crippen LogP contribution in [-0.4, -0.2) is 5.97 Å². The highest BCUT2D eigenvalue weighted by Gasteiger charge is 2.16. The summed E-state index contributed by atoms with van der Waals surface area (Å²) in [5.41, 5.74) is 0.107. The molecule has 22 heavy (non-hydrogen) atoms. The van der Waals surface area contributed by atoms with Gasteiger partial charge in [0.25, 0.3) is 0 Å². The fraction of sp³-hybridized carbons (Fsp3) is 0. The molecule has 0 atom stereocenters. The molecule has 0 aromatic heterocycles. The van der Waals surface area contributed by atoms with Crippen molar-refractivity contribution >= 4 is 39.9 Å². The second kappa shape index (κ2) is 5.95. The SMILES string of the molecule is O=C(Oc1c(Cl)cc(Cl)c2ccccc12)c1cccc(F)c1. The minimum absolute atomic E-state index is 0.107. The van der Waals surface area contributed by atoms with Crippen molar-refractivity contribution in [2.75, 3.05) is 0 Å². The first-order valence-corrected chi connectivity index (χ1v) is 7.16. The quantitative estimate of drug-likeness (QED) is 0.456. The summed E-state index contributed by atoms with van der Waals surface area (Å²) in [6.45, 7) is 0. The Kier molecular flexibility index (Phi) is 4.01. The van der Waals surface area contributed by atoms with Crippen LogP contribution in [0.3, 0.4) is 0 Å². The van der Waals surface area contributed by atoms with Crippen molar-refractivity contribution in [1.82, 2.24) is 0 Å². The molecule has 0 spiro atoms. The summed E-state index contributed by atoms with van der Waals surface area (Å²) < 4.78 is 18.6. The van der Waals surface area contributed by atoms with E-state index in [1.807, 2.05) is 6.07 Å². The second-order valence-corrected chi connectivity index (χ2v) is 5.43. The predicted molar refractivity (Wildman–Crippen MR) is 85.3 cm³/mol. The van der Waals surface area contributed by atoms with E-state index in [2.05, 4.69) is 0 Å². The van der Waals surface area contributed by atoms with E-state index in [0.717, 1.165) is 11.5 Å². The smallest absolute Gasteiger partial charge is 0.343 e. The van der Waals surface area contributed by atoms with E-state index < -0.39 is 11.8 Å². The topological polar surface area (TPSA) is 26.3 Å². The van der Waals surface area contributed by atoms with Crippen LogP contribution in [0.1, 0.15) is 10.4 Å². The number of benzene rings is 3. The maximum atomic E-state index is 13.2. The molecular formula is C17H9Cl2FO2. The fourth-order valence-corrected chi connectivity index (χ4v) is 2.72. The maximum absolute atomic E-state index is 13.2. The fourth-order valence-electron chi connectivity index (χ4n) is 2.14. The van der Waals surface area contributed by atoms with Crippen molar-refractivity contribution in [1.29, 1.82) is 0 Å². The minimum Gasteiger partial charge on any atom is -0.421 e. The van der Waals surface area contributed by atoms with Crippen LogP contribution >= 0.6 is 23.2 Å². The lowest BCUT2D eigenvalue weighted by Gasteiger charge is -2.11. The Morgan fingerprint density at radius 1 is 0.909 bits per heavy atom. The molecule has 3 aromatic rings. The summed E-state index contributed by atoms with van der Waals surface area (Å²) in [5, 5.41) is 2.01. The number of carbonyl (C=O) groups is 1. The Labute approximate surface area is 136 Å². The Hall–Kier alpha value is -2.10. The molecule has 0 saturated carbocycles. The number of carbonyl (C=O) groups excluding carboxylic acids is 1. The third-order valence-corrected chi connectivity index (χ3v) is 3.75. The molecule has 0 heterocycles. The average Bonchev–Trinajstić information content (AvgIpc) is 2.51. The third kappa shape index (κ3) is 2.78. The van der Waals surface area contributed by atoms with Crippen LogP contribution in [0, 0.1) is 5.82 Å². The van der Waals surface area contributed by atoms with Crippen molar-refractivity contribution in [2.45, 2.75) is 0 Å². The van der Waals surface area contributed by atoms with Gasteiger partial charge in [0, 0.05) is 10.8 Å². The molecule has 0 aliphatic rings. The highest BCUT2D eigenvalue weighted by Crippen LogP contribution is 2.38. The molecule has 5 heteroatoms. The summed E-state index contributed by atoms with van der Waals surface area (Å²) in [4.78, 5) is 12.2. The van der Waals surface area contributed by atoms with Crippen LogP contribution < -0.4 is 4.74 Å². The number of ether oxygens (including phenoxy) is 1. The predicted octanol–water partition coefficient (Wildman–Crippen LogP) is 5.50. The Balaban J connectivity index is 2.06. The van der Waals surface area contributed by atoms with Crippen LogP contribution in [0.4, 0.5) is 4.39 Å². The summed E-state index contributed by atoms with van der Waals surface area (Å²) in [6, 6.07) is 13.9. The van der Waals surface area contributed by atoms with E-state index >= 15 is 0 Å². The normalized spacial score (nSPS) is 10.7. The van der Waals surface area contributed by atoms with Gasteiger partial charge in [0.2, 0.25) is 0 Å². The number of halogens is 3. The van der Waals surface area contributed by atoms with E-state index in [1.54, 1.807) is 18.2 Å². The molecule has 3 aromatic carbocycles. The van der Waals surface area contributed by atoms with Crippen molar-refractivity contribution in [3.63, 3.8) is 0 Å². The van der Waals surface area contributed by atoms with Crippen LogP contribution in [0.25, 0.3) is 10.8 Å². The molecular weight excluding hydrogens is 326 g/mol. The highest BCUT2D eigenvalue weighted by molar-refractivity contribution is 6.40. The Bertz CT molecular complexity index is 878. The van der Waals surface area contributed by atoms with Gasteiger partial charge in [0.15, 0.2) is 5.75 Å². The third-order valence-electron chi connectivity index (χ3n) is 3.15. The second-order valence-electron chi connectivity index (χ2n) is 4.61. The summed E-state index contributed by atoms with van der Waals surface area (Å²) >= 11 is 12.3. The van der Waals surface area contributed by atoms with Gasteiger partial charge in [0.1, 0.15) is 5.82 Å². The standard InChI is InChI=1S/C17H9Cl2FO2/c18-14-9-15(19)16(13-7-2-1-6-12(13)14)22-17(21)10-4-3-5-11(20)8-10/h1-9H. The molecule has 3 rings (SSSR count). The lowest BCUT2D eigenvalue weighted by molar-refractivity contribution is 0.0736. The van der Waals surface area contributed by atoms with Gasteiger partial charge in [-0.3, -0.25) is 0 Å². The maximum Gasteiger partial charge on any atom is 0.343 e. The summed E-state index contributed by atoms with van der Waals surface area (Å²) in [5.74, 6) is -0.994. The number of esters is 1. The van der Waals surface area contributed by atoms with Crippen molar-refractivity contribution in [3.05, 3.63) is 76.0 Å². The van der Waals surface area contributed by atoms with E-state index in [0.29, 0.717) is 10.4 Å². The summed E-state index contributed by atoms with van der Waals surface area (Å²) in [6.07, 6.45) is 0. The monoisotopic (exact) mass is 334 g/mol. The van der Waals surface area contributed by atoms with Crippen LogP contribution in [0.5, 0.6) is 5.75 Å². The summed E-state index contributed by atoms with van der Waals surface area (Å²) in [7, 11) is 0. The first-order chi connectivity index (χ1) is 10.6. The van der Waals surface area contributed by atoms with Crippen molar-refractivity contribution in [3.8, 4) is 5.75 Å². The largest absolute Gasteiger partial charge is 0.421 e. The van der Waals surface area contributed by atoms with Crippen molar-refractivity contribution < 1.29 is 13.9 Å². The van der Waals surface area contributed by atoms with Gasteiger partial charge >= 0.3 is 5.97 Å². The van der Waals surface area contributed by atoms with Gasteiger partial charge in [-0.25, -0.2) is 9.18 Å². The molecule has 110 valence electrons. The van der Waals surface area contributed by atoms with Gasteiger partial charge in [-0.1, -0.05) is 53.5 Å². The zero-order chi connectivity index (χ0) is 15.7. The first-order valence-electron chi connectivity index (χ1n) is 6.41. The first kappa shape index (κ1) is 14.8. The molecule has 0 aliphatic heterocycles. The molecule has 0 aliphatic carbocycles. The Morgan fingerprint density at radius 2 is 1.64 bits per heavy atom. The van der Waals surface area contributed by atoms with E-state index in [-0.39, 0.29) is 16.3 Å². The molecule has 2 nitrogen and oxygen atoms in total. The van der Waals surface area contributed by atoms with Gasteiger partial charge < -0.3 is 4.74 Å². The van der Waals surface area contributed by atoms with Crippen LogP contribution in [-0.2, 0) is 0 Å². The average molecular weight is 335 g/mol. The molecule has 0 unspecified atom stereocenters. The number of rotatable bonds is 2. The van der Waals surface area contributed by atoms with Crippen LogP contribution in [0.2, 0.25) is 10.0 Å². The molecule has 0 fully saturated rings. The molecule has 0 N–H and O–H groups in total. The van der Waals surface area contributed by atoms with E-state index in [4.69, 9.17) is 27.9 Å². The zero-order valence-corrected chi connectivity index (χ0v) is 12.7. The number of hydrogen-bond donors (Lipinski definition) is 0. The molecule has 0 bridgehead atoms. The minimum atomic E-state index is -0.686. The Morgan fingerprint density at radius 3 is 2.36 bits per heavy atom. The van der Waals surface area contributed by atoms with Gasteiger partial charge in [-0.2, -0.15) is 0 Å². The molecule has 0 amide bonds. The van der Waals surface area contributed by atoms with Crippen molar-refractivity contribution in [2.24, 2.45) is 0 Å². The van der Waals surface area contributed by atoms with Gasteiger partial charge in [-0.15, -0.1) is 0 Å². The lowest BCUT2D eigenvalue weighted by atomic mass is 10.1. The van der Waals surface area contributed by atoms with E-state index in [9.17, 15) is 9.18 Å². The molecule has 0 radical (unpaired) electrons. The highest BCUT2D eigenvalue weighted by atomic mass is 35.5. The van der Waals surface area contributed by atoms with Gasteiger partial charge in [-0.05, 0) is 24.3 Å². The zero-order valence-electron chi connectivity index (χ0n) is 11.1. The number of hydrogen-bond acceptors (Lipinski definition) is 2. The lowest BCUT2D eigenvalue weighted by Crippen LogP contribution is -2.09. The van der Waals surface area contributed by atoms with Gasteiger partial charge in [0.05, 0.1) is 15.6 Å². The van der Waals surface area contributed by atoms with Crippen LogP contribution in [0.15, 0.2) is 54.6 Å². The van der Waals surface area contributed by atoms with E-state index in [1.165, 1.54) is 24.3 Å². The molecule has 0 saturated heterocycles. The number of fused-ring (bicyclic) bond motifs is 1.